The van der Waals surface area contributed by atoms with Crippen LogP contribution in [0.5, 0.6) is 11.6 Å². The van der Waals surface area contributed by atoms with Crippen LogP contribution >= 0.6 is 0 Å². The van der Waals surface area contributed by atoms with Crippen LogP contribution in [0.3, 0.4) is 0 Å². The highest BCUT2D eigenvalue weighted by Gasteiger charge is 2.28. The van der Waals surface area contributed by atoms with Gasteiger partial charge in [-0.2, -0.15) is 0 Å². The van der Waals surface area contributed by atoms with Gasteiger partial charge < -0.3 is 25.0 Å². The molecule has 0 aliphatic carbocycles. The van der Waals surface area contributed by atoms with Gasteiger partial charge in [-0.1, -0.05) is 42.5 Å². The van der Waals surface area contributed by atoms with Gasteiger partial charge >= 0.3 is 6.09 Å². The van der Waals surface area contributed by atoms with Crippen molar-refractivity contribution >= 4 is 34.4 Å². The molecule has 11 heteroatoms. The van der Waals surface area contributed by atoms with E-state index in [1.807, 2.05) is 64.1 Å². The van der Waals surface area contributed by atoms with E-state index in [2.05, 4.69) is 20.6 Å². The Morgan fingerprint density at radius 2 is 1.80 bits per heavy atom. The number of aryl methyl sites for hydroxylation is 1. The fourth-order valence-corrected chi connectivity index (χ4v) is 5.80. The molecule has 10 nitrogen and oxygen atoms in total. The van der Waals surface area contributed by atoms with Crippen LogP contribution in [-0.2, 0) is 16.0 Å². The molecule has 3 heterocycles. The molecule has 0 saturated carbocycles. The lowest BCUT2D eigenvalue weighted by molar-refractivity contribution is -0.115. The van der Waals surface area contributed by atoms with Gasteiger partial charge in [0.15, 0.2) is 0 Å². The highest BCUT2D eigenvalue weighted by atomic mass is 19.1. The van der Waals surface area contributed by atoms with Crippen LogP contribution in [0.25, 0.3) is 22.0 Å². The molecule has 1 atom stereocenters. The number of rotatable bonds is 8. The molecule has 2 amide bonds. The van der Waals surface area contributed by atoms with Crippen LogP contribution in [-0.4, -0.2) is 56.6 Å². The topological polar surface area (TPSA) is 119 Å². The highest BCUT2D eigenvalue weighted by Crippen LogP contribution is 2.38. The van der Waals surface area contributed by atoms with Gasteiger partial charge in [0.2, 0.25) is 17.7 Å². The second kappa shape index (κ2) is 14.3. The lowest BCUT2D eigenvalue weighted by Crippen LogP contribution is -2.47. The van der Waals surface area contributed by atoms with E-state index < -0.39 is 11.4 Å². The Labute approximate surface area is 284 Å². The number of nitrogens with zero attached hydrogens (tertiary/aromatic N) is 4. The molecular formula is C38H39FN6O4. The van der Waals surface area contributed by atoms with Crippen molar-refractivity contribution in [1.29, 1.82) is 0 Å². The Balaban J connectivity index is 1.22. The lowest BCUT2D eigenvalue weighted by atomic mass is 10.0. The summed E-state index contributed by atoms with van der Waals surface area (Å²) in [6.45, 7) is 8.64. The van der Waals surface area contributed by atoms with Crippen molar-refractivity contribution in [3.05, 3.63) is 102 Å². The first-order valence-electron chi connectivity index (χ1n) is 16.3. The predicted molar refractivity (Wildman–Crippen MR) is 187 cm³/mol. The van der Waals surface area contributed by atoms with Crippen LogP contribution in [0.2, 0.25) is 0 Å². The average molecular weight is 663 g/mol. The fourth-order valence-electron chi connectivity index (χ4n) is 5.80. The van der Waals surface area contributed by atoms with Crippen LogP contribution < -0.4 is 15.4 Å². The van der Waals surface area contributed by atoms with Crippen LogP contribution in [0.4, 0.5) is 20.8 Å². The molecule has 252 valence electrons. The summed E-state index contributed by atoms with van der Waals surface area (Å²) >= 11 is 0. The number of piperidine rings is 1. The SMILES string of the molecule is Cc1ccc2c(NC(=O)Cc3ccccc3F)cccc2c1Oc1ncccc1-c1ccnc(NC2CCCN(C(=O)OC(C)(C)C)C2)n1. The maximum atomic E-state index is 14.2. The number of nitrogens with one attached hydrogen (secondary N) is 2. The number of pyridine rings is 1. The number of amides is 2. The van der Waals surface area contributed by atoms with E-state index in [1.54, 1.807) is 47.6 Å². The van der Waals surface area contributed by atoms with Crippen molar-refractivity contribution in [3.63, 3.8) is 0 Å². The van der Waals surface area contributed by atoms with Gasteiger partial charge in [0.05, 0.1) is 17.7 Å². The molecule has 0 bridgehead atoms. The number of aromatic nitrogens is 3. The summed E-state index contributed by atoms with van der Waals surface area (Å²) in [7, 11) is 0. The molecule has 1 fully saturated rings. The van der Waals surface area contributed by atoms with Gasteiger partial charge in [0.25, 0.3) is 0 Å². The largest absolute Gasteiger partial charge is 0.444 e. The maximum absolute atomic E-state index is 14.2. The Kier molecular flexibility index (Phi) is 9.70. The molecule has 1 saturated heterocycles. The molecule has 0 radical (unpaired) electrons. The summed E-state index contributed by atoms with van der Waals surface area (Å²) in [6.07, 6.45) is 4.61. The molecule has 1 aliphatic heterocycles. The van der Waals surface area contributed by atoms with E-state index >= 15 is 0 Å². The third kappa shape index (κ3) is 8.11. The van der Waals surface area contributed by atoms with Gasteiger partial charge in [0.1, 0.15) is 17.2 Å². The van der Waals surface area contributed by atoms with E-state index in [4.69, 9.17) is 14.5 Å². The third-order valence-electron chi connectivity index (χ3n) is 8.10. The fraction of sp³-hybridized carbons (Fsp3) is 0.289. The zero-order chi connectivity index (χ0) is 34.5. The van der Waals surface area contributed by atoms with Crippen molar-refractivity contribution in [2.75, 3.05) is 23.7 Å². The van der Waals surface area contributed by atoms with E-state index in [0.717, 1.165) is 29.2 Å². The van der Waals surface area contributed by atoms with Crippen molar-refractivity contribution < 1.29 is 23.5 Å². The first kappa shape index (κ1) is 33.3. The van der Waals surface area contributed by atoms with Gasteiger partial charge in [0, 0.05) is 48.0 Å². The highest BCUT2D eigenvalue weighted by molar-refractivity contribution is 6.05. The standard InChI is InChI=1S/C38H39FN6O4/c1-24-16-17-27-28(12-7-15-31(27)43-33(46)22-25-10-5-6-14-30(25)39)34(24)48-35-29(13-8-19-40-35)32-18-20-41-36(44-32)42-26-11-9-21-45(23-26)37(47)49-38(2,3)4/h5-8,10,12-20,26H,9,11,21-23H2,1-4H3,(H,43,46)(H,41,42,44). The Bertz CT molecular complexity index is 2000. The number of likely N-dealkylation sites (tertiary alicyclic amines) is 1. The van der Waals surface area contributed by atoms with Crippen LogP contribution in [0.15, 0.2) is 85.2 Å². The summed E-state index contributed by atoms with van der Waals surface area (Å²) in [4.78, 5) is 41.1. The van der Waals surface area contributed by atoms with Crippen LogP contribution in [0, 0.1) is 12.7 Å². The van der Waals surface area contributed by atoms with Gasteiger partial charge in [-0.25, -0.2) is 24.1 Å². The number of ether oxygens (including phenoxy) is 2. The van der Waals surface area contributed by atoms with Gasteiger partial charge in [-0.05, 0) is 82.0 Å². The number of hydrogen-bond donors (Lipinski definition) is 2. The number of hydrogen-bond acceptors (Lipinski definition) is 8. The second-order valence-corrected chi connectivity index (χ2v) is 13.1. The second-order valence-electron chi connectivity index (χ2n) is 13.1. The normalized spacial score (nSPS) is 14.7. The monoisotopic (exact) mass is 662 g/mol. The first-order chi connectivity index (χ1) is 23.5. The van der Waals surface area contributed by atoms with E-state index in [1.165, 1.54) is 6.07 Å². The minimum atomic E-state index is -0.564. The summed E-state index contributed by atoms with van der Waals surface area (Å²) in [5.74, 6) is 0.621. The quantitative estimate of drug-likeness (QED) is 0.172. The first-order valence-corrected chi connectivity index (χ1v) is 16.3. The minimum Gasteiger partial charge on any atom is -0.444 e. The van der Waals surface area contributed by atoms with E-state index in [0.29, 0.717) is 53.2 Å². The smallest absolute Gasteiger partial charge is 0.410 e. The number of carbonyl (C=O) groups excluding carboxylic acids is 2. The zero-order valence-electron chi connectivity index (χ0n) is 28.0. The van der Waals surface area contributed by atoms with Gasteiger partial charge in [-0.3, -0.25) is 4.79 Å². The lowest BCUT2D eigenvalue weighted by Gasteiger charge is -2.34. The van der Waals surface area contributed by atoms with Crippen LogP contribution in [0.1, 0.15) is 44.7 Å². The zero-order valence-corrected chi connectivity index (χ0v) is 28.0. The summed E-state index contributed by atoms with van der Waals surface area (Å²) in [6, 6.07) is 21.1. The van der Waals surface area contributed by atoms with Crippen molar-refractivity contribution in [2.24, 2.45) is 0 Å². The molecule has 5 aromatic rings. The number of carbonyl (C=O) groups is 2. The Hall–Kier alpha value is -5.58. The molecule has 0 spiro atoms. The Morgan fingerprint density at radius 1 is 0.959 bits per heavy atom. The minimum absolute atomic E-state index is 0.0409. The molecule has 2 N–H and O–H groups in total. The van der Waals surface area contributed by atoms with E-state index in [9.17, 15) is 14.0 Å². The molecule has 1 aliphatic rings. The van der Waals surface area contributed by atoms with E-state index in [-0.39, 0.29) is 24.5 Å². The number of fused-ring (bicyclic) bond motifs is 1. The van der Waals surface area contributed by atoms with Crippen molar-refractivity contribution in [2.45, 2.75) is 58.6 Å². The number of halogens is 1. The predicted octanol–water partition coefficient (Wildman–Crippen LogP) is 7.92. The third-order valence-corrected chi connectivity index (χ3v) is 8.10. The van der Waals surface area contributed by atoms with Gasteiger partial charge in [-0.15, -0.1) is 0 Å². The van der Waals surface area contributed by atoms with Crippen molar-refractivity contribution in [1.82, 2.24) is 19.9 Å². The summed E-state index contributed by atoms with van der Waals surface area (Å²) in [5.41, 5.74) is 2.50. The molecule has 3 aromatic carbocycles. The maximum Gasteiger partial charge on any atom is 0.410 e. The Morgan fingerprint density at radius 3 is 2.61 bits per heavy atom. The number of anilines is 2. The molecule has 2 aromatic heterocycles. The van der Waals surface area contributed by atoms with Crippen molar-refractivity contribution in [3.8, 4) is 22.9 Å². The molecule has 49 heavy (non-hydrogen) atoms. The number of benzene rings is 3. The average Bonchev–Trinajstić information content (AvgIpc) is 3.07. The summed E-state index contributed by atoms with van der Waals surface area (Å²) in [5, 5.41) is 7.87. The molecular weight excluding hydrogens is 623 g/mol. The summed E-state index contributed by atoms with van der Waals surface area (Å²) < 4.78 is 26.3. The molecule has 1 unspecified atom stereocenters. The molecule has 6 rings (SSSR count).